The molecule has 0 spiro atoms. The van der Waals surface area contributed by atoms with Crippen LogP contribution in [-0.4, -0.2) is 5.91 Å². The van der Waals surface area contributed by atoms with Crippen LogP contribution in [0.5, 0.6) is 0 Å². The van der Waals surface area contributed by atoms with Crippen molar-refractivity contribution in [3.63, 3.8) is 0 Å². The highest BCUT2D eigenvalue weighted by Gasteiger charge is 2.13. The number of hydrogen-bond donors (Lipinski definition) is 1. The van der Waals surface area contributed by atoms with Gasteiger partial charge in [-0.2, -0.15) is 0 Å². The van der Waals surface area contributed by atoms with Gasteiger partial charge in [0.05, 0.1) is 0 Å². The molecule has 1 unspecified atom stereocenters. The molecule has 0 aliphatic rings. The van der Waals surface area contributed by atoms with Gasteiger partial charge in [-0.25, -0.2) is 0 Å². The summed E-state index contributed by atoms with van der Waals surface area (Å²) in [5.74, 6) is 0.102. The van der Waals surface area contributed by atoms with Crippen molar-refractivity contribution in [3.8, 4) is 0 Å². The van der Waals surface area contributed by atoms with Crippen LogP contribution in [0.3, 0.4) is 0 Å². The van der Waals surface area contributed by atoms with Crippen LogP contribution in [0.25, 0.3) is 0 Å². The van der Waals surface area contributed by atoms with E-state index in [0.29, 0.717) is 5.02 Å². The van der Waals surface area contributed by atoms with E-state index in [9.17, 15) is 4.79 Å². The Hall–Kier alpha value is -1.02. The van der Waals surface area contributed by atoms with Gasteiger partial charge < -0.3 is 5.32 Å². The maximum absolute atomic E-state index is 11.8. The number of halogens is 1. The Morgan fingerprint density at radius 2 is 1.88 bits per heavy atom. The highest BCUT2D eigenvalue weighted by Crippen LogP contribution is 2.25. The highest BCUT2D eigenvalue weighted by atomic mass is 35.5. The van der Waals surface area contributed by atoms with Crippen LogP contribution in [0.4, 0.5) is 5.69 Å². The highest BCUT2D eigenvalue weighted by molar-refractivity contribution is 6.30. The van der Waals surface area contributed by atoms with Crippen LogP contribution >= 0.6 is 11.6 Å². The molecule has 0 radical (unpaired) electrons. The average Bonchev–Trinajstić information content (AvgIpc) is 2.21. The number of hydrogen-bond acceptors (Lipinski definition) is 1. The second kappa shape index (κ2) is 5.35. The molecule has 0 fully saturated rings. The van der Waals surface area contributed by atoms with Gasteiger partial charge in [-0.05, 0) is 43.5 Å². The topological polar surface area (TPSA) is 29.1 Å². The van der Waals surface area contributed by atoms with Gasteiger partial charge in [0.15, 0.2) is 0 Å². The molecule has 0 aliphatic carbocycles. The van der Waals surface area contributed by atoms with E-state index in [1.54, 1.807) is 0 Å². The smallest absolute Gasteiger partial charge is 0.227 e. The Balaban J connectivity index is 2.93. The SMILES string of the molecule is CCC(C)C(=O)Nc1c(C)cc(Cl)cc1C. The van der Waals surface area contributed by atoms with Crippen LogP contribution < -0.4 is 5.32 Å². The number of rotatable bonds is 3. The number of carbonyl (C=O) groups is 1. The summed E-state index contributed by atoms with van der Waals surface area (Å²) in [6, 6.07) is 3.72. The first kappa shape index (κ1) is 13.0. The van der Waals surface area contributed by atoms with Crippen molar-refractivity contribution in [1.82, 2.24) is 0 Å². The second-order valence-corrected chi connectivity index (χ2v) is 4.65. The predicted molar refractivity (Wildman–Crippen MR) is 69.0 cm³/mol. The molecule has 0 saturated carbocycles. The summed E-state index contributed by atoms with van der Waals surface area (Å²) in [6.45, 7) is 7.83. The minimum Gasteiger partial charge on any atom is -0.325 e. The van der Waals surface area contributed by atoms with Gasteiger partial charge in [-0.15, -0.1) is 0 Å². The molecule has 1 atom stereocenters. The molecule has 0 aliphatic heterocycles. The third-order valence-corrected chi connectivity index (χ3v) is 3.02. The van der Waals surface area contributed by atoms with Gasteiger partial charge in [0, 0.05) is 16.6 Å². The molecular formula is C13H18ClNO. The molecule has 1 rings (SSSR count). The minimum absolute atomic E-state index is 0.0366. The average molecular weight is 240 g/mol. The summed E-state index contributed by atoms with van der Waals surface area (Å²) >= 11 is 5.94. The summed E-state index contributed by atoms with van der Waals surface area (Å²) < 4.78 is 0. The summed E-state index contributed by atoms with van der Waals surface area (Å²) in [5, 5.41) is 3.66. The third-order valence-electron chi connectivity index (χ3n) is 2.81. The molecule has 2 nitrogen and oxygen atoms in total. The van der Waals surface area contributed by atoms with E-state index in [0.717, 1.165) is 23.2 Å². The molecule has 1 aromatic carbocycles. The van der Waals surface area contributed by atoms with Crippen LogP contribution in [0, 0.1) is 19.8 Å². The Kier molecular flexibility index (Phi) is 4.36. The summed E-state index contributed by atoms with van der Waals surface area (Å²) in [5.41, 5.74) is 2.89. The number of nitrogens with one attached hydrogen (secondary N) is 1. The zero-order valence-electron chi connectivity index (χ0n) is 10.2. The number of anilines is 1. The van der Waals surface area contributed by atoms with Gasteiger partial charge in [-0.1, -0.05) is 25.4 Å². The summed E-state index contributed by atoms with van der Waals surface area (Å²) in [4.78, 5) is 11.8. The first-order valence-corrected chi connectivity index (χ1v) is 5.91. The Morgan fingerprint density at radius 3 is 2.31 bits per heavy atom. The van der Waals surface area contributed by atoms with Crippen molar-refractivity contribution in [3.05, 3.63) is 28.3 Å². The number of carbonyl (C=O) groups excluding carboxylic acids is 1. The van der Waals surface area contributed by atoms with Crippen LogP contribution in [0.1, 0.15) is 31.4 Å². The van der Waals surface area contributed by atoms with E-state index >= 15 is 0 Å². The summed E-state index contributed by atoms with van der Waals surface area (Å²) in [7, 11) is 0. The van der Waals surface area contributed by atoms with E-state index in [-0.39, 0.29) is 11.8 Å². The second-order valence-electron chi connectivity index (χ2n) is 4.21. The maximum atomic E-state index is 11.8. The van der Waals surface area contributed by atoms with Crippen molar-refractivity contribution in [2.24, 2.45) is 5.92 Å². The van der Waals surface area contributed by atoms with Crippen molar-refractivity contribution in [1.29, 1.82) is 0 Å². The lowest BCUT2D eigenvalue weighted by atomic mass is 10.1. The van der Waals surface area contributed by atoms with Gasteiger partial charge in [0.1, 0.15) is 0 Å². The standard InChI is InChI=1S/C13H18ClNO/c1-5-8(2)13(16)15-12-9(3)6-11(14)7-10(12)4/h6-8H,5H2,1-4H3,(H,15,16). The monoisotopic (exact) mass is 239 g/mol. The van der Waals surface area contributed by atoms with Crippen LogP contribution in [0.15, 0.2) is 12.1 Å². The Labute approximate surface area is 102 Å². The molecule has 1 amide bonds. The van der Waals surface area contributed by atoms with Crippen molar-refractivity contribution in [2.45, 2.75) is 34.1 Å². The first-order chi connectivity index (χ1) is 7.45. The largest absolute Gasteiger partial charge is 0.325 e. The lowest BCUT2D eigenvalue weighted by Crippen LogP contribution is -2.20. The fraction of sp³-hybridized carbons (Fsp3) is 0.462. The molecule has 1 aromatic rings. The molecular weight excluding hydrogens is 222 g/mol. The van der Waals surface area contributed by atoms with Crippen molar-refractivity contribution < 1.29 is 4.79 Å². The summed E-state index contributed by atoms with van der Waals surface area (Å²) in [6.07, 6.45) is 0.845. The zero-order valence-corrected chi connectivity index (χ0v) is 11.0. The van der Waals surface area contributed by atoms with Crippen molar-refractivity contribution >= 4 is 23.2 Å². The predicted octanol–water partition coefficient (Wildman–Crippen LogP) is 3.94. The quantitative estimate of drug-likeness (QED) is 0.851. The van der Waals surface area contributed by atoms with Gasteiger partial charge >= 0.3 is 0 Å². The number of amides is 1. The maximum Gasteiger partial charge on any atom is 0.227 e. The minimum atomic E-state index is 0.0366. The fourth-order valence-electron chi connectivity index (χ4n) is 1.54. The lowest BCUT2D eigenvalue weighted by molar-refractivity contribution is -0.119. The van der Waals surface area contributed by atoms with E-state index in [2.05, 4.69) is 5.32 Å². The van der Waals surface area contributed by atoms with E-state index < -0.39 is 0 Å². The molecule has 0 bridgehead atoms. The molecule has 16 heavy (non-hydrogen) atoms. The Bertz CT molecular complexity index is 378. The van der Waals surface area contributed by atoms with E-state index in [4.69, 9.17) is 11.6 Å². The number of aryl methyl sites for hydroxylation is 2. The molecule has 0 aromatic heterocycles. The fourth-order valence-corrected chi connectivity index (χ4v) is 1.87. The lowest BCUT2D eigenvalue weighted by Gasteiger charge is -2.14. The molecule has 0 saturated heterocycles. The van der Waals surface area contributed by atoms with Crippen molar-refractivity contribution in [2.75, 3.05) is 5.32 Å². The van der Waals surface area contributed by atoms with Gasteiger partial charge in [-0.3, -0.25) is 4.79 Å². The van der Waals surface area contributed by atoms with E-state index in [1.165, 1.54) is 0 Å². The van der Waals surface area contributed by atoms with Gasteiger partial charge in [0.2, 0.25) is 5.91 Å². The molecule has 88 valence electrons. The molecule has 1 N–H and O–H groups in total. The third kappa shape index (κ3) is 2.99. The number of benzene rings is 1. The van der Waals surface area contributed by atoms with Crippen LogP contribution in [0.2, 0.25) is 5.02 Å². The molecule has 3 heteroatoms. The normalized spacial score (nSPS) is 12.3. The van der Waals surface area contributed by atoms with Gasteiger partial charge in [0.25, 0.3) is 0 Å². The van der Waals surface area contributed by atoms with E-state index in [1.807, 2.05) is 39.8 Å². The first-order valence-electron chi connectivity index (χ1n) is 5.53. The van der Waals surface area contributed by atoms with Crippen LogP contribution in [-0.2, 0) is 4.79 Å². The Morgan fingerprint density at radius 1 is 1.38 bits per heavy atom. The molecule has 0 heterocycles. The zero-order chi connectivity index (χ0) is 12.3.